The minimum atomic E-state index is -4.71. The number of nitrogens with one attached hydrogen (secondary N) is 1. The van der Waals surface area contributed by atoms with Gasteiger partial charge in [-0.1, -0.05) is 27.2 Å². The third kappa shape index (κ3) is 8.53. The molecular formula is C17H32F3NO3S. The third-order valence-electron chi connectivity index (χ3n) is 4.09. The maximum absolute atomic E-state index is 13.6. The molecule has 0 aromatic carbocycles. The second-order valence-corrected chi connectivity index (χ2v) is 9.53. The Morgan fingerprint density at radius 1 is 1.12 bits per heavy atom. The number of carbonyl (C=O) groups is 1. The van der Waals surface area contributed by atoms with E-state index in [0.717, 1.165) is 0 Å². The van der Waals surface area contributed by atoms with Crippen LogP contribution in [0.4, 0.5) is 13.2 Å². The van der Waals surface area contributed by atoms with Crippen molar-refractivity contribution in [2.45, 2.75) is 90.8 Å². The van der Waals surface area contributed by atoms with E-state index in [9.17, 15) is 22.2 Å². The normalized spacial score (nSPS) is 19.0. The quantitative estimate of drug-likeness (QED) is 0.598. The van der Waals surface area contributed by atoms with Gasteiger partial charge in [0.1, 0.15) is 6.04 Å². The number of alkyl halides is 3. The zero-order valence-electron chi connectivity index (χ0n) is 16.2. The smallest absolute Gasteiger partial charge is 0.405 e. The number of esters is 1. The van der Waals surface area contributed by atoms with Crippen LogP contribution in [0.5, 0.6) is 0 Å². The van der Waals surface area contributed by atoms with Gasteiger partial charge in [-0.15, -0.1) is 0 Å². The van der Waals surface area contributed by atoms with Crippen LogP contribution < -0.4 is 4.72 Å². The van der Waals surface area contributed by atoms with Crippen LogP contribution in [0.25, 0.3) is 0 Å². The molecule has 0 radical (unpaired) electrons. The van der Waals surface area contributed by atoms with Crippen LogP contribution in [-0.2, 0) is 20.5 Å². The topological polar surface area (TPSA) is 55.4 Å². The molecule has 0 saturated carbocycles. The monoisotopic (exact) mass is 387 g/mol. The van der Waals surface area contributed by atoms with Crippen LogP contribution >= 0.6 is 0 Å². The van der Waals surface area contributed by atoms with Crippen molar-refractivity contribution in [1.82, 2.24) is 4.72 Å². The Morgan fingerprint density at radius 3 is 2.00 bits per heavy atom. The lowest BCUT2D eigenvalue weighted by Gasteiger charge is -2.32. The lowest BCUT2D eigenvalue weighted by atomic mass is 9.88. The average molecular weight is 388 g/mol. The van der Waals surface area contributed by atoms with Crippen molar-refractivity contribution in [2.24, 2.45) is 11.8 Å². The Kier molecular flexibility index (Phi) is 9.65. The van der Waals surface area contributed by atoms with E-state index in [4.69, 9.17) is 4.74 Å². The van der Waals surface area contributed by atoms with Gasteiger partial charge in [0, 0.05) is 0 Å². The van der Waals surface area contributed by atoms with Gasteiger partial charge in [0.15, 0.2) is 0 Å². The van der Waals surface area contributed by atoms with E-state index in [2.05, 4.69) is 4.72 Å². The second kappa shape index (κ2) is 9.90. The van der Waals surface area contributed by atoms with Gasteiger partial charge < -0.3 is 4.74 Å². The summed E-state index contributed by atoms with van der Waals surface area (Å²) in [7, 11) is -1.96. The first kappa shape index (κ1) is 24.4. The number of carbonyl (C=O) groups excluding carboxylic acids is 1. The fourth-order valence-corrected chi connectivity index (χ4v) is 2.89. The summed E-state index contributed by atoms with van der Waals surface area (Å²) in [4.78, 5) is 12.4. The molecule has 0 rings (SSSR count). The van der Waals surface area contributed by atoms with Crippen molar-refractivity contribution in [3.63, 3.8) is 0 Å². The highest BCUT2D eigenvalue weighted by molar-refractivity contribution is 7.84. The molecule has 0 saturated heterocycles. The van der Waals surface area contributed by atoms with Crippen molar-refractivity contribution in [2.75, 3.05) is 0 Å². The van der Waals surface area contributed by atoms with E-state index in [1.807, 2.05) is 6.92 Å². The zero-order chi connectivity index (χ0) is 20.0. The molecule has 150 valence electrons. The fourth-order valence-electron chi connectivity index (χ4n) is 2.01. The van der Waals surface area contributed by atoms with Crippen LogP contribution in [0.1, 0.15) is 67.7 Å². The van der Waals surface area contributed by atoms with E-state index in [1.54, 1.807) is 41.5 Å². The van der Waals surface area contributed by atoms with Gasteiger partial charge in [-0.3, -0.25) is 4.79 Å². The van der Waals surface area contributed by atoms with Crippen LogP contribution in [0.15, 0.2) is 0 Å². The molecule has 0 amide bonds. The van der Waals surface area contributed by atoms with Gasteiger partial charge in [0.2, 0.25) is 0 Å². The van der Waals surface area contributed by atoms with Gasteiger partial charge in [-0.25, -0.2) is 8.93 Å². The van der Waals surface area contributed by atoms with E-state index in [0.29, 0.717) is 12.8 Å². The van der Waals surface area contributed by atoms with Crippen LogP contribution in [0.3, 0.4) is 0 Å². The predicted molar refractivity (Wildman–Crippen MR) is 94.3 cm³/mol. The molecule has 0 aromatic rings. The third-order valence-corrected chi connectivity index (χ3v) is 5.67. The molecular weight excluding hydrogens is 355 g/mol. The molecule has 0 aliphatic rings. The highest BCUT2D eigenvalue weighted by Crippen LogP contribution is 2.32. The van der Waals surface area contributed by atoms with Crippen LogP contribution in [-0.4, -0.2) is 33.2 Å². The Labute approximate surface area is 151 Å². The molecule has 0 heterocycles. The maximum Gasteiger partial charge on any atom is 0.405 e. The van der Waals surface area contributed by atoms with E-state index in [-0.39, 0.29) is 12.3 Å². The first-order chi connectivity index (χ1) is 11.2. The second-order valence-electron chi connectivity index (χ2n) is 7.53. The molecule has 0 spiro atoms. The predicted octanol–water partition coefficient (Wildman–Crippen LogP) is 4.36. The largest absolute Gasteiger partial charge is 0.462 e. The molecule has 0 bridgehead atoms. The highest BCUT2D eigenvalue weighted by Gasteiger charge is 2.50. The summed E-state index contributed by atoms with van der Waals surface area (Å²) in [6.07, 6.45) is -4.01. The molecule has 0 aromatic heterocycles. The molecule has 8 heteroatoms. The van der Waals surface area contributed by atoms with E-state index >= 15 is 0 Å². The average Bonchev–Trinajstić information content (AvgIpc) is 2.47. The SMILES string of the molecule is CCC(C)C[C@H](C(=O)OC(C)CC)[C@H](N[S@@](=O)C(C)(C)C)C(F)(F)F. The Hall–Kier alpha value is -0.630. The molecule has 0 aliphatic carbocycles. The van der Waals surface area contributed by atoms with Crippen LogP contribution in [0, 0.1) is 11.8 Å². The van der Waals surface area contributed by atoms with Gasteiger partial charge in [-0.05, 0) is 46.5 Å². The summed E-state index contributed by atoms with van der Waals surface area (Å²) < 4.78 is 59.6. The molecule has 25 heavy (non-hydrogen) atoms. The van der Waals surface area contributed by atoms with Crippen molar-refractivity contribution in [3.8, 4) is 0 Å². The standard InChI is InChI=1S/C17H32F3NO3S/c1-8-11(3)10-13(15(22)24-12(4)9-2)14(17(18,19)20)21-25(23)16(5,6)7/h11-14,21H,8-10H2,1-7H3/t11?,12?,13-,14-,25-/m0/s1. The van der Waals surface area contributed by atoms with Crippen LogP contribution in [0.2, 0.25) is 0 Å². The van der Waals surface area contributed by atoms with E-state index < -0.39 is 45.9 Å². The van der Waals surface area contributed by atoms with Crippen molar-refractivity contribution in [1.29, 1.82) is 0 Å². The van der Waals surface area contributed by atoms with Crippen molar-refractivity contribution < 1.29 is 26.9 Å². The Morgan fingerprint density at radius 2 is 1.64 bits per heavy atom. The van der Waals surface area contributed by atoms with Gasteiger partial charge in [0.25, 0.3) is 0 Å². The Bertz CT molecular complexity index is 449. The summed E-state index contributed by atoms with van der Waals surface area (Å²) >= 11 is 0. The number of ether oxygens (including phenoxy) is 1. The molecule has 5 atom stereocenters. The highest BCUT2D eigenvalue weighted by atomic mass is 32.2. The van der Waals surface area contributed by atoms with Gasteiger partial charge in [-0.2, -0.15) is 13.2 Å². The lowest BCUT2D eigenvalue weighted by molar-refractivity contribution is -0.182. The minimum Gasteiger partial charge on any atom is -0.462 e. The Balaban J connectivity index is 5.66. The fraction of sp³-hybridized carbons (Fsp3) is 0.941. The molecule has 0 fully saturated rings. The number of halogens is 3. The molecule has 2 unspecified atom stereocenters. The summed E-state index contributed by atoms with van der Waals surface area (Å²) in [6, 6.07) is -2.21. The molecule has 1 N–H and O–H groups in total. The van der Waals surface area contributed by atoms with Gasteiger partial charge >= 0.3 is 12.1 Å². The minimum absolute atomic E-state index is 0.0181. The van der Waals surface area contributed by atoms with Crippen molar-refractivity contribution >= 4 is 17.0 Å². The number of rotatable bonds is 9. The van der Waals surface area contributed by atoms with Crippen molar-refractivity contribution in [3.05, 3.63) is 0 Å². The lowest BCUT2D eigenvalue weighted by Crippen LogP contribution is -2.54. The number of hydrogen-bond acceptors (Lipinski definition) is 3. The zero-order valence-corrected chi connectivity index (χ0v) is 17.0. The maximum atomic E-state index is 13.6. The summed E-state index contributed by atoms with van der Waals surface area (Å²) in [5.74, 6) is -2.42. The molecule has 0 aliphatic heterocycles. The van der Waals surface area contributed by atoms with Gasteiger partial charge in [0.05, 0.1) is 27.8 Å². The first-order valence-corrected chi connectivity index (χ1v) is 9.84. The molecule has 4 nitrogen and oxygen atoms in total. The summed E-state index contributed by atoms with van der Waals surface area (Å²) in [5, 5.41) is 0. The number of hydrogen-bond donors (Lipinski definition) is 1. The first-order valence-electron chi connectivity index (χ1n) is 8.69. The van der Waals surface area contributed by atoms with E-state index in [1.165, 1.54) is 0 Å². The summed E-state index contributed by atoms with van der Waals surface area (Å²) in [6.45, 7) is 11.8. The summed E-state index contributed by atoms with van der Waals surface area (Å²) in [5.41, 5.74) is 0.